The topological polar surface area (TPSA) is 54.0 Å². The van der Waals surface area contributed by atoms with Crippen molar-refractivity contribution in [2.45, 2.75) is 19.4 Å². The van der Waals surface area contributed by atoms with Gasteiger partial charge < -0.3 is 10.6 Å². The van der Waals surface area contributed by atoms with Gasteiger partial charge in [0, 0.05) is 22.6 Å². The highest BCUT2D eigenvalue weighted by Gasteiger charge is 2.29. The lowest BCUT2D eigenvalue weighted by Gasteiger charge is -2.16. The van der Waals surface area contributed by atoms with E-state index in [1.807, 2.05) is 25.1 Å². The molecular formula is C15H16ClN3O. The molecular weight excluding hydrogens is 274 g/mol. The largest absolute Gasteiger partial charge is 0.324 e. The average molecular weight is 290 g/mol. The van der Waals surface area contributed by atoms with Gasteiger partial charge in [-0.15, -0.1) is 0 Å². The molecule has 104 valence electrons. The van der Waals surface area contributed by atoms with Crippen molar-refractivity contribution in [2.24, 2.45) is 5.92 Å². The lowest BCUT2D eigenvalue weighted by Crippen LogP contribution is -2.32. The third-order valence-corrected chi connectivity index (χ3v) is 4.01. The van der Waals surface area contributed by atoms with Crippen LogP contribution >= 0.6 is 11.6 Å². The van der Waals surface area contributed by atoms with Crippen LogP contribution in [-0.2, 0) is 4.79 Å². The number of carbonyl (C=O) groups is 1. The fourth-order valence-corrected chi connectivity index (χ4v) is 2.92. The summed E-state index contributed by atoms with van der Waals surface area (Å²) in [5.41, 5.74) is 1.45. The van der Waals surface area contributed by atoms with Crippen LogP contribution in [0, 0.1) is 5.92 Å². The fraction of sp³-hybridized carbons (Fsp3) is 0.333. The smallest absolute Gasteiger partial charge is 0.229 e. The summed E-state index contributed by atoms with van der Waals surface area (Å²) in [6.45, 7) is 2.92. The molecule has 4 nitrogen and oxygen atoms in total. The summed E-state index contributed by atoms with van der Waals surface area (Å²) >= 11 is 6.10. The number of fused-ring (bicyclic) bond motifs is 1. The summed E-state index contributed by atoms with van der Waals surface area (Å²) in [4.78, 5) is 16.7. The Morgan fingerprint density at radius 2 is 2.35 bits per heavy atom. The van der Waals surface area contributed by atoms with E-state index in [0.717, 1.165) is 23.9 Å². The molecule has 0 spiro atoms. The number of benzene rings is 1. The van der Waals surface area contributed by atoms with Crippen LogP contribution in [0.4, 0.5) is 5.69 Å². The first kappa shape index (κ1) is 13.3. The second kappa shape index (κ2) is 5.38. The number of halogens is 1. The quantitative estimate of drug-likeness (QED) is 0.894. The molecule has 0 aliphatic carbocycles. The van der Waals surface area contributed by atoms with E-state index >= 15 is 0 Å². The van der Waals surface area contributed by atoms with Crippen LogP contribution in [0.2, 0.25) is 5.02 Å². The van der Waals surface area contributed by atoms with Gasteiger partial charge in [-0.05, 0) is 38.1 Å². The highest BCUT2D eigenvalue weighted by Crippen LogP contribution is 2.27. The minimum atomic E-state index is -0.00672. The van der Waals surface area contributed by atoms with Gasteiger partial charge in [0.25, 0.3) is 0 Å². The van der Waals surface area contributed by atoms with Crippen LogP contribution in [0.25, 0.3) is 10.9 Å². The molecule has 1 fully saturated rings. The molecule has 5 heteroatoms. The zero-order valence-electron chi connectivity index (χ0n) is 11.2. The zero-order valence-corrected chi connectivity index (χ0v) is 11.9. The molecule has 1 aliphatic heterocycles. The monoisotopic (exact) mass is 289 g/mol. The minimum Gasteiger partial charge on any atom is -0.324 e. The number of nitrogens with one attached hydrogen (secondary N) is 2. The highest BCUT2D eigenvalue weighted by atomic mass is 35.5. The Morgan fingerprint density at radius 1 is 1.50 bits per heavy atom. The van der Waals surface area contributed by atoms with Crippen LogP contribution in [-0.4, -0.2) is 23.5 Å². The number of amides is 1. The molecule has 2 atom stereocenters. The number of anilines is 1. The maximum Gasteiger partial charge on any atom is 0.229 e. The average Bonchev–Trinajstić information content (AvgIpc) is 2.85. The molecule has 3 rings (SSSR count). The Labute approximate surface area is 122 Å². The van der Waals surface area contributed by atoms with Crippen LogP contribution in [0.5, 0.6) is 0 Å². The maximum absolute atomic E-state index is 12.4. The lowest BCUT2D eigenvalue weighted by molar-refractivity contribution is -0.119. The molecule has 20 heavy (non-hydrogen) atoms. The van der Waals surface area contributed by atoms with Crippen LogP contribution in [0.15, 0.2) is 30.5 Å². The Balaban J connectivity index is 1.92. The van der Waals surface area contributed by atoms with E-state index in [-0.39, 0.29) is 17.9 Å². The number of pyridine rings is 1. The predicted molar refractivity (Wildman–Crippen MR) is 81.0 cm³/mol. The first-order valence-corrected chi connectivity index (χ1v) is 7.11. The summed E-state index contributed by atoms with van der Waals surface area (Å²) in [7, 11) is 0. The van der Waals surface area contributed by atoms with E-state index in [4.69, 9.17) is 11.6 Å². The molecule has 0 bridgehead atoms. The summed E-state index contributed by atoms with van der Waals surface area (Å²) in [5, 5.41) is 7.77. The van der Waals surface area contributed by atoms with Gasteiger partial charge in [-0.2, -0.15) is 0 Å². The Bertz CT molecular complexity index is 659. The first-order chi connectivity index (χ1) is 9.65. The second-order valence-electron chi connectivity index (χ2n) is 5.16. The third-order valence-electron chi connectivity index (χ3n) is 3.79. The van der Waals surface area contributed by atoms with E-state index in [1.54, 1.807) is 12.3 Å². The van der Waals surface area contributed by atoms with Gasteiger partial charge >= 0.3 is 0 Å². The first-order valence-electron chi connectivity index (χ1n) is 6.73. The lowest BCUT2D eigenvalue weighted by atomic mass is 10.0. The maximum atomic E-state index is 12.4. The van der Waals surface area contributed by atoms with Gasteiger partial charge in [-0.3, -0.25) is 9.78 Å². The van der Waals surface area contributed by atoms with E-state index in [0.29, 0.717) is 10.7 Å². The molecule has 2 unspecified atom stereocenters. The SMILES string of the molecule is CC1NCCC1C(=O)Nc1cc(Cl)cc2cccnc12. The number of nitrogens with zero attached hydrogens (tertiary/aromatic N) is 1. The van der Waals surface area contributed by atoms with Gasteiger partial charge in [0.2, 0.25) is 5.91 Å². The van der Waals surface area contributed by atoms with E-state index in [9.17, 15) is 4.79 Å². The Kier molecular flexibility index (Phi) is 3.59. The summed E-state index contributed by atoms with van der Waals surface area (Å²) in [6, 6.07) is 7.59. The van der Waals surface area contributed by atoms with Crippen molar-refractivity contribution in [3.63, 3.8) is 0 Å². The molecule has 0 radical (unpaired) electrons. The Hall–Kier alpha value is -1.65. The van der Waals surface area contributed by atoms with Gasteiger partial charge in [-0.1, -0.05) is 17.7 Å². The zero-order chi connectivity index (χ0) is 14.1. The van der Waals surface area contributed by atoms with Crippen molar-refractivity contribution in [1.29, 1.82) is 0 Å². The summed E-state index contributed by atoms with van der Waals surface area (Å²) < 4.78 is 0. The van der Waals surface area contributed by atoms with Crippen molar-refractivity contribution in [1.82, 2.24) is 10.3 Å². The Morgan fingerprint density at radius 3 is 3.10 bits per heavy atom. The van der Waals surface area contributed by atoms with Crippen LogP contribution < -0.4 is 10.6 Å². The number of carbonyl (C=O) groups excluding carboxylic acids is 1. The van der Waals surface area contributed by atoms with Gasteiger partial charge in [0.15, 0.2) is 0 Å². The standard InChI is InChI=1S/C15H16ClN3O/c1-9-12(4-6-17-9)15(20)19-13-8-11(16)7-10-3-2-5-18-14(10)13/h2-3,5,7-9,12,17H,4,6H2,1H3,(H,19,20). The third kappa shape index (κ3) is 2.49. The second-order valence-corrected chi connectivity index (χ2v) is 5.59. The van der Waals surface area contributed by atoms with Gasteiger partial charge in [-0.25, -0.2) is 0 Å². The fourth-order valence-electron chi connectivity index (χ4n) is 2.69. The molecule has 2 N–H and O–H groups in total. The van der Waals surface area contributed by atoms with Crippen molar-refractivity contribution in [3.8, 4) is 0 Å². The van der Waals surface area contributed by atoms with Gasteiger partial charge in [0.05, 0.1) is 17.1 Å². The molecule has 0 saturated carbocycles. The number of aromatic nitrogens is 1. The highest BCUT2D eigenvalue weighted by molar-refractivity contribution is 6.32. The molecule has 1 aliphatic rings. The van der Waals surface area contributed by atoms with E-state index < -0.39 is 0 Å². The number of rotatable bonds is 2. The van der Waals surface area contributed by atoms with Gasteiger partial charge in [0.1, 0.15) is 0 Å². The van der Waals surface area contributed by atoms with Crippen molar-refractivity contribution in [2.75, 3.05) is 11.9 Å². The van der Waals surface area contributed by atoms with Crippen molar-refractivity contribution >= 4 is 34.1 Å². The summed E-state index contributed by atoms with van der Waals surface area (Å²) in [5.74, 6) is 0.0180. The van der Waals surface area contributed by atoms with Crippen LogP contribution in [0.1, 0.15) is 13.3 Å². The van der Waals surface area contributed by atoms with E-state index in [2.05, 4.69) is 15.6 Å². The van der Waals surface area contributed by atoms with Crippen LogP contribution in [0.3, 0.4) is 0 Å². The van der Waals surface area contributed by atoms with Crippen molar-refractivity contribution < 1.29 is 4.79 Å². The molecule has 1 saturated heterocycles. The molecule has 1 aromatic heterocycles. The minimum absolute atomic E-state index is 0.00672. The predicted octanol–water partition coefficient (Wildman–Crippen LogP) is 2.82. The normalized spacial score (nSPS) is 22.1. The number of hydrogen-bond acceptors (Lipinski definition) is 3. The molecule has 1 aromatic carbocycles. The summed E-state index contributed by atoms with van der Waals surface area (Å²) in [6.07, 6.45) is 2.57. The molecule has 1 amide bonds. The molecule has 2 heterocycles. The van der Waals surface area contributed by atoms with E-state index in [1.165, 1.54) is 0 Å². The molecule has 2 aromatic rings. The van der Waals surface area contributed by atoms with Crippen molar-refractivity contribution in [3.05, 3.63) is 35.5 Å². The number of hydrogen-bond donors (Lipinski definition) is 2.